The zero-order valence-corrected chi connectivity index (χ0v) is 9.94. The first-order chi connectivity index (χ1) is 8.29. The fourth-order valence-corrected chi connectivity index (χ4v) is 1.87. The van der Waals surface area contributed by atoms with Gasteiger partial charge in [-0.3, -0.25) is 4.79 Å². The third-order valence-electron chi connectivity index (χ3n) is 2.81. The van der Waals surface area contributed by atoms with Crippen LogP contribution in [0.2, 0.25) is 0 Å². The normalized spacial score (nSPS) is 19.7. The summed E-state index contributed by atoms with van der Waals surface area (Å²) in [6, 6.07) is 7.31. The molecule has 1 aliphatic rings. The number of carbonyl (C=O) groups is 1. The Hall–Kier alpha value is -1.55. The molecule has 0 saturated carbocycles. The highest BCUT2D eigenvalue weighted by Crippen LogP contribution is 2.19. The number of methoxy groups -OCH3 is 1. The standard InChI is InChI=1S/C13H17NO3/c1-16-11-6-4-5-10(9-11)14-13(15)12-7-2-3-8-17-12/h4-6,9,12H,2-3,7-8H2,1H3,(H,14,15). The van der Waals surface area contributed by atoms with Crippen molar-refractivity contribution in [3.05, 3.63) is 24.3 Å². The maximum Gasteiger partial charge on any atom is 0.253 e. The maximum atomic E-state index is 11.9. The molecule has 1 aromatic carbocycles. The van der Waals surface area contributed by atoms with Gasteiger partial charge in [0.05, 0.1) is 7.11 Å². The number of rotatable bonds is 3. The fourth-order valence-electron chi connectivity index (χ4n) is 1.87. The lowest BCUT2D eigenvalue weighted by atomic mass is 10.1. The lowest BCUT2D eigenvalue weighted by Crippen LogP contribution is -2.33. The van der Waals surface area contributed by atoms with E-state index in [1.807, 2.05) is 18.2 Å². The zero-order chi connectivity index (χ0) is 12.1. The van der Waals surface area contributed by atoms with Crippen LogP contribution in [-0.2, 0) is 9.53 Å². The minimum absolute atomic E-state index is 0.0713. The molecule has 1 unspecified atom stereocenters. The van der Waals surface area contributed by atoms with Gasteiger partial charge in [0.25, 0.3) is 5.91 Å². The van der Waals surface area contributed by atoms with Gasteiger partial charge in [0, 0.05) is 18.4 Å². The van der Waals surface area contributed by atoms with E-state index in [2.05, 4.69) is 5.32 Å². The van der Waals surface area contributed by atoms with Crippen LogP contribution in [0.3, 0.4) is 0 Å². The molecule has 1 aliphatic heterocycles. The van der Waals surface area contributed by atoms with Gasteiger partial charge in [0.1, 0.15) is 11.9 Å². The molecule has 1 fully saturated rings. The van der Waals surface area contributed by atoms with E-state index in [0.717, 1.165) is 30.7 Å². The molecular weight excluding hydrogens is 218 g/mol. The quantitative estimate of drug-likeness (QED) is 0.873. The number of ether oxygens (including phenoxy) is 2. The Kier molecular flexibility index (Phi) is 3.98. The van der Waals surface area contributed by atoms with Crippen LogP contribution in [0.15, 0.2) is 24.3 Å². The highest BCUT2D eigenvalue weighted by atomic mass is 16.5. The molecule has 4 heteroatoms. The highest BCUT2D eigenvalue weighted by Gasteiger charge is 2.21. The van der Waals surface area contributed by atoms with Crippen LogP contribution >= 0.6 is 0 Å². The molecule has 0 aliphatic carbocycles. The van der Waals surface area contributed by atoms with Crippen LogP contribution in [0.25, 0.3) is 0 Å². The van der Waals surface area contributed by atoms with Crippen LogP contribution in [0.4, 0.5) is 5.69 Å². The largest absolute Gasteiger partial charge is 0.497 e. The van der Waals surface area contributed by atoms with Crippen molar-refractivity contribution in [3.8, 4) is 5.75 Å². The van der Waals surface area contributed by atoms with E-state index < -0.39 is 0 Å². The molecule has 1 heterocycles. The zero-order valence-electron chi connectivity index (χ0n) is 9.94. The Balaban J connectivity index is 1.96. The van der Waals surface area contributed by atoms with Gasteiger partial charge in [-0.25, -0.2) is 0 Å². The average molecular weight is 235 g/mol. The van der Waals surface area contributed by atoms with E-state index in [1.54, 1.807) is 13.2 Å². The van der Waals surface area contributed by atoms with E-state index in [0.29, 0.717) is 6.61 Å². The van der Waals surface area contributed by atoms with Crippen LogP contribution in [0.1, 0.15) is 19.3 Å². The van der Waals surface area contributed by atoms with Crippen molar-refractivity contribution in [2.75, 3.05) is 19.0 Å². The molecule has 0 aromatic heterocycles. The highest BCUT2D eigenvalue weighted by molar-refractivity contribution is 5.94. The monoisotopic (exact) mass is 235 g/mol. The van der Waals surface area contributed by atoms with E-state index >= 15 is 0 Å². The van der Waals surface area contributed by atoms with Gasteiger partial charge >= 0.3 is 0 Å². The molecule has 1 N–H and O–H groups in total. The van der Waals surface area contributed by atoms with E-state index in [9.17, 15) is 4.79 Å². The van der Waals surface area contributed by atoms with E-state index in [-0.39, 0.29) is 12.0 Å². The van der Waals surface area contributed by atoms with Gasteiger partial charge in [-0.15, -0.1) is 0 Å². The topological polar surface area (TPSA) is 47.6 Å². The van der Waals surface area contributed by atoms with Crippen molar-refractivity contribution in [1.29, 1.82) is 0 Å². The lowest BCUT2D eigenvalue weighted by molar-refractivity contribution is -0.129. The van der Waals surface area contributed by atoms with Crippen molar-refractivity contribution >= 4 is 11.6 Å². The number of amides is 1. The van der Waals surface area contributed by atoms with Gasteiger partial charge in [-0.05, 0) is 31.4 Å². The molecule has 92 valence electrons. The molecule has 4 nitrogen and oxygen atoms in total. The van der Waals surface area contributed by atoms with Gasteiger partial charge in [-0.1, -0.05) is 6.07 Å². The molecule has 1 saturated heterocycles. The molecule has 1 aromatic rings. The number of benzene rings is 1. The molecule has 2 rings (SSSR count). The van der Waals surface area contributed by atoms with Gasteiger partial charge < -0.3 is 14.8 Å². The lowest BCUT2D eigenvalue weighted by Gasteiger charge is -2.21. The van der Waals surface area contributed by atoms with Crippen LogP contribution in [-0.4, -0.2) is 25.7 Å². The first-order valence-corrected chi connectivity index (χ1v) is 5.86. The van der Waals surface area contributed by atoms with Crippen molar-refractivity contribution in [1.82, 2.24) is 0 Å². The maximum absolute atomic E-state index is 11.9. The van der Waals surface area contributed by atoms with E-state index in [1.165, 1.54) is 0 Å². The summed E-state index contributed by atoms with van der Waals surface area (Å²) >= 11 is 0. The number of nitrogens with one attached hydrogen (secondary N) is 1. The SMILES string of the molecule is COc1cccc(NC(=O)C2CCCCO2)c1. The number of hydrogen-bond donors (Lipinski definition) is 1. The fraction of sp³-hybridized carbons (Fsp3) is 0.462. The van der Waals surface area contributed by atoms with Crippen molar-refractivity contribution in [2.45, 2.75) is 25.4 Å². The van der Waals surface area contributed by atoms with Crippen molar-refractivity contribution in [2.24, 2.45) is 0 Å². The minimum Gasteiger partial charge on any atom is -0.497 e. The molecule has 1 amide bonds. The number of anilines is 1. The summed E-state index contributed by atoms with van der Waals surface area (Å²) < 4.78 is 10.5. The third kappa shape index (κ3) is 3.20. The van der Waals surface area contributed by atoms with Crippen LogP contribution < -0.4 is 10.1 Å². The summed E-state index contributed by atoms with van der Waals surface area (Å²) in [6.45, 7) is 0.677. The summed E-state index contributed by atoms with van der Waals surface area (Å²) in [5, 5.41) is 2.84. The second kappa shape index (κ2) is 5.68. The predicted molar refractivity (Wildman–Crippen MR) is 65.2 cm³/mol. The summed E-state index contributed by atoms with van der Waals surface area (Å²) in [7, 11) is 1.60. The first-order valence-electron chi connectivity index (χ1n) is 5.86. The van der Waals surface area contributed by atoms with Crippen molar-refractivity contribution < 1.29 is 14.3 Å². The third-order valence-corrected chi connectivity index (χ3v) is 2.81. The van der Waals surface area contributed by atoms with Gasteiger partial charge in [-0.2, -0.15) is 0 Å². The van der Waals surface area contributed by atoms with E-state index in [4.69, 9.17) is 9.47 Å². The molecule has 0 radical (unpaired) electrons. The van der Waals surface area contributed by atoms with Crippen LogP contribution in [0.5, 0.6) is 5.75 Å². The Labute approximate surface area is 101 Å². The van der Waals surface area contributed by atoms with Gasteiger partial charge in [0.2, 0.25) is 0 Å². The smallest absolute Gasteiger partial charge is 0.253 e. The molecule has 17 heavy (non-hydrogen) atoms. The second-order valence-electron chi connectivity index (χ2n) is 4.08. The summed E-state index contributed by atoms with van der Waals surface area (Å²) in [5.41, 5.74) is 0.739. The first kappa shape index (κ1) is 11.9. The minimum atomic E-state index is -0.310. The second-order valence-corrected chi connectivity index (χ2v) is 4.08. The Morgan fingerprint density at radius 3 is 3.06 bits per heavy atom. The Morgan fingerprint density at radius 2 is 2.35 bits per heavy atom. The summed E-state index contributed by atoms with van der Waals surface area (Å²) in [5.74, 6) is 0.658. The number of carbonyl (C=O) groups excluding carboxylic acids is 1. The molecule has 1 atom stereocenters. The van der Waals surface area contributed by atoms with Crippen LogP contribution in [0, 0.1) is 0 Å². The van der Waals surface area contributed by atoms with Crippen molar-refractivity contribution in [3.63, 3.8) is 0 Å². The average Bonchev–Trinajstić information content (AvgIpc) is 2.40. The Morgan fingerprint density at radius 1 is 1.47 bits per heavy atom. The predicted octanol–water partition coefficient (Wildman–Crippen LogP) is 2.20. The number of hydrogen-bond acceptors (Lipinski definition) is 3. The molecule has 0 spiro atoms. The summed E-state index contributed by atoms with van der Waals surface area (Å²) in [6.07, 6.45) is 2.59. The van der Waals surface area contributed by atoms with Gasteiger partial charge in [0.15, 0.2) is 0 Å². The Bertz CT molecular complexity index is 386. The summed E-state index contributed by atoms with van der Waals surface area (Å²) in [4.78, 5) is 11.9. The molecular formula is C13H17NO3. The molecule has 0 bridgehead atoms.